The van der Waals surface area contributed by atoms with Crippen molar-refractivity contribution < 1.29 is 0 Å². The summed E-state index contributed by atoms with van der Waals surface area (Å²) in [7, 11) is 0. The van der Waals surface area contributed by atoms with E-state index < -0.39 is 0 Å². The molecule has 0 amide bonds. The Kier molecular flexibility index (Phi) is 4.13. The van der Waals surface area contributed by atoms with Crippen molar-refractivity contribution in [3.05, 3.63) is 38.2 Å². The molecular formula is C12H18. The van der Waals surface area contributed by atoms with Crippen molar-refractivity contribution >= 4 is 0 Å². The Morgan fingerprint density at radius 1 is 0.833 bits per heavy atom. The maximum atomic E-state index is 3.75. The number of hydrogen-bond donors (Lipinski definition) is 0. The SMILES string of the molecule is C=C[CH]C1CCCCC1[CH]C=C. The maximum absolute atomic E-state index is 3.75. The first kappa shape index (κ1) is 9.57. The van der Waals surface area contributed by atoms with Crippen molar-refractivity contribution in [1.82, 2.24) is 0 Å². The summed E-state index contributed by atoms with van der Waals surface area (Å²) < 4.78 is 0. The molecule has 1 aliphatic rings. The van der Waals surface area contributed by atoms with E-state index >= 15 is 0 Å². The Bertz CT molecular complexity index is 128. The summed E-state index contributed by atoms with van der Waals surface area (Å²) in [5, 5.41) is 0. The highest BCUT2D eigenvalue weighted by molar-refractivity contribution is 5.04. The van der Waals surface area contributed by atoms with Crippen molar-refractivity contribution in [2.45, 2.75) is 25.7 Å². The van der Waals surface area contributed by atoms with Crippen LogP contribution in [0.25, 0.3) is 0 Å². The summed E-state index contributed by atoms with van der Waals surface area (Å²) in [4.78, 5) is 0. The highest BCUT2D eigenvalue weighted by Gasteiger charge is 2.22. The van der Waals surface area contributed by atoms with Gasteiger partial charge in [0.15, 0.2) is 0 Å². The number of rotatable bonds is 4. The second-order valence-electron chi connectivity index (χ2n) is 3.47. The fourth-order valence-corrected chi connectivity index (χ4v) is 2.02. The van der Waals surface area contributed by atoms with E-state index in [-0.39, 0.29) is 0 Å². The zero-order valence-electron chi connectivity index (χ0n) is 7.71. The summed E-state index contributed by atoms with van der Waals surface area (Å²) in [6.07, 6.45) is 13.7. The molecule has 2 atom stereocenters. The smallest absolute Gasteiger partial charge is 0.0139 e. The zero-order valence-corrected chi connectivity index (χ0v) is 7.71. The lowest BCUT2D eigenvalue weighted by atomic mass is 9.76. The second kappa shape index (κ2) is 5.18. The van der Waals surface area contributed by atoms with Gasteiger partial charge in [-0.3, -0.25) is 0 Å². The topological polar surface area (TPSA) is 0 Å². The van der Waals surface area contributed by atoms with E-state index in [1.54, 1.807) is 0 Å². The molecule has 0 aromatic heterocycles. The van der Waals surface area contributed by atoms with E-state index in [1.807, 2.05) is 12.2 Å². The van der Waals surface area contributed by atoms with Crippen molar-refractivity contribution in [3.63, 3.8) is 0 Å². The molecule has 1 aliphatic carbocycles. The van der Waals surface area contributed by atoms with Gasteiger partial charge in [0.25, 0.3) is 0 Å². The molecule has 0 heteroatoms. The van der Waals surface area contributed by atoms with Gasteiger partial charge in [-0.1, -0.05) is 25.0 Å². The fourth-order valence-electron chi connectivity index (χ4n) is 2.02. The third-order valence-electron chi connectivity index (χ3n) is 2.64. The van der Waals surface area contributed by atoms with E-state index in [9.17, 15) is 0 Å². The van der Waals surface area contributed by atoms with Gasteiger partial charge in [-0.15, -0.1) is 13.2 Å². The van der Waals surface area contributed by atoms with Gasteiger partial charge in [0.1, 0.15) is 0 Å². The van der Waals surface area contributed by atoms with Crippen LogP contribution >= 0.6 is 0 Å². The van der Waals surface area contributed by atoms with Gasteiger partial charge in [0.2, 0.25) is 0 Å². The van der Waals surface area contributed by atoms with E-state index in [2.05, 4.69) is 26.0 Å². The third kappa shape index (κ3) is 2.51. The second-order valence-corrected chi connectivity index (χ2v) is 3.47. The Morgan fingerprint density at radius 3 is 1.58 bits per heavy atom. The molecule has 2 unspecified atom stereocenters. The van der Waals surface area contributed by atoms with Crippen LogP contribution in [0.15, 0.2) is 25.3 Å². The van der Waals surface area contributed by atoms with Gasteiger partial charge in [-0.25, -0.2) is 0 Å². The van der Waals surface area contributed by atoms with Crippen LogP contribution in [-0.2, 0) is 0 Å². The first-order valence-corrected chi connectivity index (χ1v) is 4.80. The first-order valence-electron chi connectivity index (χ1n) is 4.80. The Balaban J connectivity index is 2.41. The molecule has 0 N–H and O–H groups in total. The molecule has 0 bridgehead atoms. The summed E-state index contributed by atoms with van der Waals surface area (Å²) in [6.45, 7) is 7.51. The van der Waals surface area contributed by atoms with Gasteiger partial charge in [0, 0.05) is 0 Å². The molecular weight excluding hydrogens is 144 g/mol. The molecule has 66 valence electrons. The lowest BCUT2D eigenvalue weighted by molar-refractivity contribution is 0.312. The largest absolute Gasteiger partial charge is 0.103 e. The van der Waals surface area contributed by atoms with Crippen molar-refractivity contribution in [3.8, 4) is 0 Å². The van der Waals surface area contributed by atoms with Crippen molar-refractivity contribution in [2.75, 3.05) is 0 Å². The highest BCUT2D eigenvalue weighted by Crippen LogP contribution is 2.33. The quantitative estimate of drug-likeness (QED) is 0.592. The molecule has 0 saturated heterocycles. The van der Waals surface area contributed by atoms with Crippen molar-refractivity contribution in [2.24, 2.45) is 11.8 Å². The molecule has 0 aliphatic heterocycles. The molecule has 0 nitrogen and oxygen atoms in total. The Labute approximate surface area is 76.4 Å². The van der Waals surface area contributed by atoms with Crippen LogP contribution in [-0.4, -0.2) is 0 Å². The van der Waals surface area contributed by atoms with Gasteiger partial charge in [-0.2, -0.15) is 0 Å². The molecule has 2 radical (unpaired) electrons. The van der Waals surface area contributed by atoms with Gasteiger partial charge < -0.3 is 0 Å². The molecule has 0 aromatic rings. The summed E-state index contributed by atoms with van der Waals surface area (Å²) in [6, 6.07) is 0. The molecule has 0 aromatic carbocycles. The molecule has 12 heavy (non-hydrogen) atoms. The van der Waals surface area contributed by atoms with Crippen molar-refractivity contribution in [1.29, 1.82) is 0 Å². The standard InChI is InChI=1S/C12H18/c1-3-7-11-9-5-6-10-12(11)8-4-2/h3-4,7-8,11-12H,1-2,5-6,9-10H2. The van der Waals surface area contributed by atoms with E-state index in [1.165, 1.54) is 25.7 Å². The van der Waals surface area contributed by atoms with E-state index in [0.29, 0.717) is 11.8 Å². The third-order valence-corrected chi connectivity index (χ3v) is 2.64. The molecule has 0 heterocycles. The average Bonchev–Trinajstić information content (AvgIpc) is 2.09. The van der Waals surface area contributed by atoms with Gasteiger partial charge in [-0.05, 0) is 37.5 Å². The summed E-state index contributed by atoms with van der Waals surface area (Å²) in [5.41, 5.74) is 0. The number of hydrogen-bond acceptors (Lipinski definition) is 0. The lowest BCUT2D eigenvalue weighted by Gasteiger charge is -2.29. The summed E-state index contributed by atoms with van der Waals surface area (Å²) in [5.74, 6) is 1.43. The fraction of sp³-hybridized carbons (Fsp3) is 0.500. The first-order chi connectivity index (χ1) is 5.88. The zero-order chi connectivity index (χ0) is 8.81. The van der Waals surface area contributed by atoms with Crippen LogP contribution in [0.3, 0.4) is 0 Å². The minimum absolute atomic E-state index is 0.717. The summed E-state index contributed by atoms with van der Waals surface area (Å²) >= 11 is 0. The van der Waals surface area contributed by atoms with E-state index in [0.717, 1.165) is 0 Å². The normalized spacial score (nSPS) is 29.7. The Hall–Kier alpha value is -0.520. The maximum Gasteiger partial charge on any atom is -0.0139 e. The predicted octanol–water partition coefficient (Wildman–Crippen LogP) is 3.57. The molecule has 1 rings (SSSR count). The Morgan fingerprint density at radius 2 is 1.25 bits per heavy atom. The van der Waals surface area contributed by atoms with Crippen LogP contribution in [0.2, 0.25) is 0 Å². The lowest BCUT2D eigenvalue weighted by Crippen LogP contribution is -2.19. The van der Waals surface area contributed by atoms with E-state index in [4.69, 9.17) is 0 Å². The predicted molar refractivity (Wildman–Crippen MR) is 54.4 cm³/mol. The van der Waals surface area contributed by atoms with Crippen LogP contribution in [0.1, 0.15) is 25.7 Å². The molecule has 1 saturated carbocycles. The van der Waals surface area contributed by atoms with Crippen LogP contribution in [0, 0.1) is 24.7 Å². The molecule has 0 spiro atoms. The average molecular weight is 162 g/mol. The van der Waals surface area contributed by atoms with Gasteiger partial charge >= 0.3 is 0 Å². The minimum atomic E-state index is 0.717. The number of allylic oxidation sites excluding steroid dienone is 2. The van der Waals surface area contributed by atoms with Gasteiger partial charge in [0.05, 0.1) is 0 Å². The van der Waals surface area contributed by atoms with Crippen LogP contribution in [0.4, 0.5) is 0 Å². The van der Waals surface area contributed by atoms with Crippen LogP contribution < -0.4 is 0 Å². The minimum Gasteiger partial charge on any atom is -0.103 e. The molecule has 1 fully saturated rings. The highest BCUT2D eigenvalue weighted by atomic mass is 14.3. The monoisotopic (exact) mass is 162 g/mol. The van der Waals surface area contributed by atoms with Crippen LogP contribution in [0.5, 0.6) is 0 Å².